The lowest BCUT2D eigenvalue weighted by molar-refractivity contribution is -0.150. The number of nitrogens with one attached hydrogen (secondary N) is 1. The molecule has 1 aliphatic carbocycles. The molecule has 1 atom stereocenters. The Bertz CT molecular complexity index is 1540. The predicted octanol–water partition coefficient (Wildman–Crippen LogP) is 6.90. The number of fused-ring (bicyclic) bond motifs is 1. The molecular formula is C29H24F4N2O3. The fourth-order valence-corrected chi connectivity index (χ4v) is 4.92. The van der Waals surface area contributed by atoms with E-state index in [0.29, 0.717) is 35.3 Å². The van der Waals surface area contributed by atoms with Gasteiger partial charge < -0.3 is 14.5 Å². The van der Waals surface area contributed by atoms with E-state index in [1.807, 2.05) is 0 Å². The highest BCUT2D eigenvalue weighted by Gasteiger charge is 2.45. The maximum absolute atomic E-state index is 14.6. The molecular weight excluding hydrogens is 500 g/mol. The van der Waals surface area contributed by atoms with Gasteiger partial charge in [-0.25, -0.2) is 9.37 Å². The lowest BCUT2D eigenvalue weighted by Crippen LogP contribution is -2.34. The van der Waals surface area contributed by atoms with Gasteiger partial charge in [-0.2, -0.15) is 13.2 Å². The molecule has 0 saturated heterocycles. The number of aromatic nitrogens is 2. The first-order chi connectivity index (χ1) is 18.1. The van der Waals surface area contributed by atoms with Crippen molar-refractivity contribution in [3.63, 3.8) is 0 Å². The Kier molecular flexibility index (Phi) is 6.46. The zero-order chi connectivity index (χ0) is 27.1. The summed E-state index contributed by atoms with van der Waals surface area (Å²) in [4.78, 5) is 19.6. The molecule has 1 N–H and O–H groups in total. The number of hydrogen-bond donors (Lipinski definition) is 1. The van der Waals surface area contributed by atoms with E-state index in [1.54, 1.807) is 68.6 Å². The minimum absolute atomic E-state index is 0.0163. The summed E-state index contributed by atoms with van der Waals surface area (Å²) in [6.07, 6.45) is -2.07. The number of allylic oxidation sites excluding steroid dienone is 1. The third-order valence-corrected chi connectivity index (χ3v) is 6.97. The standard InChI is InChI=1S/C29H24F4N2O3/c1-17-22(4-3-5-23(17)30)28(27(36)38-16-18-6-9-21(37-2)10-7-18)13-12-20(15-28)19-8-11-24-25(14-19)35-26(34-24)29(31,32)33/h3-11,14-15H,12-13,16H2,1-2H3,(H,34,35)/t28-/m0/s1. The summed E-state index contributed by atoms with van der Waals surface area (Å²) >= 11 is 0. The van der Waals surface area contributed by atoms with E-state index in [0.717, 1.165) is 11.1 Å². The van der Waals surface area contributed by atoms with Crippen molar-refractivity contribution in [1.82, 2.24) is 9.97 Å². The Labute approximate surface area is 216 Å². The van der Waals surface area contributed by atoms with Crippen LogP contribution in [0.4, 0.5) is 17.6 Å². The molecule has 0 amide bonds. The van der Waals surface area contributed by atoms with Gasteiger partial charge in [-0.15, -0.1) is 0 Å². The molecule has 9 heteroatoms. The van der Waals surface area contributed by atoms with Crippen LogP contribution < -0.4 is 4.74 Å². The monoisotopic (exact) mass is 524 g/mol. The molecule has 3 aromatic carbocycles. The first kappa shape index (κ1) is 25.5. The maximum Gasteiger partial charge on any atom is 0.449 e. The number of carbonyl (C=O) groups excluding carboxylic acids is 1. The van der Waals surface area contributed by atoms with Gasteiger partial charge in [0, 0.05) is 0 Å². The first-order valence-corrected chi connectivity index (χ1v) is 12.0. The fourth-order valence-electron chi connectivity index (χ4n) is 4.92. The van der Waals surface area contributed by atoms with E-state index in [-0.39, 0.29) is 17.6 Å². The van der Waals surface area contributed by atoms with Crippen molar-refractivity contribution in [3.8, 4) is 5.75 Å². The second-order valence-corrected chi connectivity index (χ2v) is 9.29. The molecule has 0 saturated carbocycles. The van der Waals surface area contributed by atoms with Gasteiger partial charge >= 0.3 is 12.1 Å². The number of aromatic amines is 1. The van der Waals surface area contributed by atoms with Crippen LogP contribution in [-0.2, 0) is 27.7 Å². The normalized spacial score (nSPS) is 17.5. The van der Waals surface area contributed by atoms with Crippen molar-refractivity contribution in [2.75, 3.05) is 7.11 Å². The molecule has 1 aliphatic rings. The number of hydrogen-bond acceptors (Lipinski definition) is 4. The number of H-pyrrole nitrogens is 1. The third kappa shape index (κ3) is 4.64. The molecule has 196 valence electrons. The maximum atomic E-state index is 14.6. The van der Waals surface area contributed by atoms with E-state index < -0.39 is 29.2 Å². The number of imidazole rings is 1. The summed E-state index contributed by atoms with van der Waals surface area (Å²) in [5.41, 5.74) is 2.16. The van der Waals surface area contributed by atoms with Gasteiger partial charge in [0.05, 0.1) is 18.1 Å². The average molecular weight is 525 g/mol. The van der Waals surface area contributed by atoms with Gasteiger partial charge in [0.25, 0.3) is 0 Å². The minimum atomic E-state index is -4.59. The van der Waals surface area contributed by atoms with E-state index in [4.69, 9.17) is 9.47 Å². The number of rotatable bonds is 6. The number of halogens is 4. The molecule has 4 aromatic rings. The molecule has 1 heterocycles. The SMILES string of the molecule is COc1ccc(COC(=O)[C@]2(c3cccc(F)c3C)C=C(c3ccc4nc(C(F)(F)F)[nH]c4c3)CC2)cc1. The van der Waals surface area contributed by atoms with Crippen LogP contribution in [0.5, 0.6) is 5.75 Å². The highest BCUT2D eigenvalue weighted by atomic mass is 19.4. The van der Waals surface area contributed by atoms with Gasteiger partial charge in [0.1, 0.15) is 23.6 Å². The summed E-state index contributed by atoms with van der Waals surface area (Å²) in [5.74, 6) is -1.37. The van der Waals surface area contributed by atoms with E-state index in [1.165, 1.54) is 12.1 Å². The van der Waals surface area contributed by atoms with Crippen LogP contribution in [0, 0.1) is 12.7 Å². The van der Waals surface area contributed by atoms with Crippen molar-refractivity contribution in [1.29, 1.82) is 0 Å². The highest BCUT2D eigenvalue weighted by Crippen LogP contribution is 2.45. The quantitative estimate of drug-likeness (QED) is 0.220. The highest BCUT2D eigenvalue weighted by molar-refractivity contribution is 5.92. The zero-order valence-corrected chi connectivity index (χ0v) is 20.7. The Balaban J connectivity index is 1.51. The molecule has 5 rings (SSSR count). The Morgan fingerprint density at radius 1 is 1.11 bits per heavy atom. The number of benzene rings is 3. The molecule has 0 fully saturated rings. The smallest absolute Gasteiger partial charge is 0.449 e. The molecule has 1 aromatic heterocycles. The topological polar surface area (TPSA) is 64.2 Å². The summed E-state index contributed by atoms with van der Waals surface area (Å²) < 4.78 is 64.8. The van der Waals surface area contributed by atoms with Crippen molar-refractivity contribution in [2.24, 2.45) is 0 Å². The molecule has 0 unspecified atom stereocenters. The summed E-state index contributed by atoms with van der Waals surface area (Å²) in [6.45, 7) is 1.63. The van der Waals surface area contributed by atoms with Crippen molar-refractivity contribution < 1.29 is 31.8 Å². The summed E-state index contributed by atoms with van der Waals surface area (Å²) in [6, 6.07) is 16.5. The number of carbonyl (C=O) groups is 1. The molecule has 0 radical (unpaired) electrons. The number of alkyl halides is 3. The van der Waals surface area contributed by atoms with Crippen LogP contribution in [0.3, 0.4) is 0 Å². The number of methoxy groups -OCH3 is 1. The molecule has 38 heavy (non-hydrogen) atoms. The number of nitrogens with zero attached hydrogens (tertiary/aromatic N) is 1. The van der Waals surface area contributed by atoms with E-state index in [9.17, 15) is 22.4 Å². The molecule has 0 spiro atoms. The predicted molar refractivity (Wildman–Crippen MR) is 134 cm³/mol. The molecule has 5 nitrogen and oxygen atoms in total. The van der Waals surface area contributed by atoms with Crippen LogP contribution in [-0.4, -0.2) is 23.0 Å². The molecule has 0 bridgehead atoms. The van der Waals surface area contributed by atoms with E-state index in [2.05, 4.69) is 9.97 Å². The number of ether oxygens (including phenoxy) is 2. The van der Waals surface area contributed by atoms with Gasteiger partial charge in [-0.3, -0.25) is 4.79 Å². The van der Waals surface area contributed by atoms with Gasteiger partial charge in [0.2, 0.25) is 5.82 Å². The lowest BCUT2D eigenvalue weighted by Gasteiger charge is -2.27. The molecule has 0 aliphatic heterocycles. The minimum Gasteiger partial charge on any atom is -0.497 e. The van der Waals surface area contributed by atoms with Gasteiger partial charge in [0.15, 0.2) is 0 Å². The van der Waals surface area contributed by atoms with Crippen molar-refractivity contribution in [2.45, 2.75) is 38.0 Å². The van der Waals surface area contributed by atoms with Crippen LogP contribution in [0.2, 0.25) is 0 Å². The van der Waals surface area contributed by atoms with Gasteiger partial charge in [-0.05, 0) is 77.9 Å². The number of esters is 1. The Morgan fingerprint density at radius 3 is 2.58 bits per heavy atom. The lowest BCUT2D eigenvalue weighted by atomic mass is 9.77. The Hall–Kier alpha value is -4.14. The van der Waals surface area contributed by atoms with Crippen molar-refractivity contribution >= 4 is 22.6 Å². The second-order valence-electron chi connectivity index (χ2n) is 9.29. The Morgan fingerprint density at radius 2 is 1.87 bits per heavy atom. The summed E-state index contributed by atoms with van der Waals surface area (Å²) in [7, 11) is 1.56. The fraction of sp³-hybridized carbons (Fsp3) is 0.241. The van der Waals surface area contributed by atoms with Crippen molar-refractivity contribution in [3.05, 3.63) is 101 Å². The van der Waals surface area contributed by atoms with Crippen LogP contribution in [0.25, 0.3) is 16.6 Å². The average Bonchev–Trinajstić information content (AvgIpc) is 3.54. The largest absolute Gasteiger partial charge is 0.497 e. The zero-order valence-electron chi connectivity index (χ0n) is 20.7. The van der Waals surface area contributed by atoms with E-state index >= 15 is 0 Å². The van der Waals surface area contributed by atoms with Gasteiger partial charge in [-0.1, -0.05) is 36.4 Å². The summed E-state index contributed by atoms with van der Waals surface area (Å²) in [5, 5.41) is 0. The second kappa shape index (κ2) is 9.63. The van der Waals surface area contributed by atoms with Crippen LogP contribution in [0.15, 0.2) is 66.7 Å². The van der Waals surface area contributed by atoms with Crippen LogP contribution >= 0.6 is 0 Å². The third-order valence-electron chi connectivity index (χ3n) is 6.97. The first-order valence-electron chi connectivity index (χ1n) is 12.0. The van der Waals surface area contributed by atoms with Crippen LogP contribution in [0.1, 0.15) is 40.9 Å².